The van der Waals surface area contributed by atoms with Gasteiger partial charge in [-0.15, -0.1) is 0 Å². The van der Waals surface area contributed by atoms with Gasteiger partial charge in [-0.05, 0) is 12.1 Å². The maximum absolute atomic E-state index is 12.2. The fraction of sp³-hybridized carbons (Fsp3) is 0.333. The van der Waals surface area contributed by atoms with Gasteiger partial charge in [-0.1, -0.05) is 6.07 Å². The molecule has 116 valence electrons. The van der Waals surface area contributed by atoms with Crippen LogP contribution in [-0.4, -0.2) is 48.8 Å². The summed E-state index contributed by atoms with van der Waals surface area (Å²) in [6.45, 7) is 1.71. The second-order valence-corrected chi connectivity index (χ2v) is 4.93. The molecule has 1 atom stereocenters. The molecule has 1 fully saturated rings. The van der Waals surface area contributed by atoms with E-state index in [1.165, 1.54) is 0 Å². The third kappa shape index (κ3) is 3.20. The highest BCUT2D eigenvalue weighted by Gasteiger charge is 2.27. The molecule has 1 aliphatic rings. The molecule has 0 bridgehead atoms. The molecule has 7 nitrogen and oxygen atoms in total. The third-order valence-electron chi connectivity index (χ3n) is 3.52. The zero-order valence-electron chi connectivity index (χ0n) is 12.3. The maximum Gasteiger partial charge on any atom is 0.257 e. The van der Waals surface area contributed by atoms with E-state index in [1.54, 1.807) is 19.5 Å². The number of ether oxygens (including phenoxy) is 2. The minimum Gasteiger partial charge on any atom is -0.497 e. The molecule has 1 aromatic carbocycles. The summed E-state index contributed by atoms with van der Waals surface area (Å²) in [6, 6.07) is 7.77. The van der Waals surface area contributed by atoms with E-state index in [-0.39, 0.29) is 5.91 Å². The number of nitrogens with one attached hydrogen (secondary N) is 2. The molecule has 0 saturated carbocycles. The highest BCUT2D eigenvalue weighted by atomic mass is 16.5. The number of amides is 1. The zero-order chi connectivity index (χ0) is 15.4. The van der Waals surface area contributed by atoms with Crippen molar-refractivity contribution in [2.75, 3.05) is 37.0 Å². The fourth-order valence-electron chi connectivity index (χ4n) is 2.38. The van der Waals surface area contributed by atoms with Crippen molar-refractivity contribution in [3.05, 3.63) is 36.7 Å². The molecule has 1 amide bonds. The molecule has 2 N–H and O–H groups in total. The molecule has 1 saturated heterocycles. The lowest BCUT2D eigenvalue weighted by molar-refractivity contribution is -0.128. The standard InChI is InChI=1S/C15H18N4O3/c1-21-12-4-2-3-11(9-12)19-7-8-22-13(10-19)14(20)18-15-16-5-6-17-15/h2-6,9,13H,7-8,10H2,1H3,(H2,16,17,18,20). The molecule has 1 aromatic heterocycles. The van der Waals surface area contributed by atoms with Crippen LogP contribution in [0.1, 0.15) is 0 Å². The van der Waals surface area contributed by atoms with E-state index in [1.807, 2.05) is 24.3 Å². The lowest BCUT2D eigenvalue weighted by atomic mass is 10.2. The van der Waals surface area contributed by atoms with E-state index in [4.69, 9.17) is 9.47 Å². The smallest absolute Gasteiger partial charge is 0.257 e. The third-order valence-corrected chi connectivity index (χ3v) is 3.52. The number of carbonyl (C=O) groups is 1. The van der Waals surface area contributed by atoms with Crippen molar-refractivity contribution >= 4 is 17.5 Å². The summed E-state index contributed by atoms with van der Waals surface area (Å²) in [5.41, 5.74) is 1.01. The van der Waals surface area contributed by atoms with Gasteiger partial charge in [0.1, 0.15) is 5.75 Å². The van der Waals surface area contributed by atoms with Crippen molar-refractivity contribution < 1.29 is 14.3 Å². The van der Waals surface area contributed by atoms with Gasteiger partial charge in [0.25, 0.3) is 5.91 Å². The molecule has 1 unspecified atom stereocenters. The van der Waals surface area contributed by atoms with E-state index >= 15 is 0 Å². The minimum absolute atomic E-state index is 0.206. The average molecular weight is 302 g/mol. The van der Waals surface area contributed by atoms with Gasteiger partial charge in [0, 0.05) is 30.7 Å². The van der Waals surface area contributed by atoms with E-state index in [9.17, 15) is 4.79 Å². The van der Waals surface area contributed by atoms with Gasteiger partial charge in [0.2, 0.25) is 5.95 Å². The molecule has 0 aliphatic carbocycles. The largest absolute Gasteiger partial charge is 0.497 e. The first kappa shape index (κ1) is 14.4. The van der Waals surface area contributed by atoms with Crippen LogP contribution in [-0.2, 0) is 9.53 Å². The topological polar surface area (TPSA) is 79.5 Å². The Labute approximate surface area is 128 Å². The van der Waals surface area contributed by atoms with E-state index < -0.39 is 6.10 Å². The summed E-state index contributed by atoms with van der Waals surface area (Å²) in [5, 5.41) is 2.70. The Hall–Kier alpha value is -2.54. The lowest BCUT2D eigenvalue weighted by Gasteiger charge is -2.33. The maximum atomic E-state index is 12.2. The van der Waals surface area contributed by atoms with Gasteiger partial charge >= 0.3 is 0 Å². The SMILES string of the molecule is COc1cccc(N2CCOC(C(=O)Nc3ncc[nH]3)C2)c1. The average Bonchev–Trinajstić information content (AvgIpc) is 3.08. The number of carbonyl (C=O) groups excluding carboxylic acids is 1. The molecular formula is C15H18N4O3. The van der Waals surface area contributed by atoms with Gasteiger partial charge in [-0.25, -0.2) is 4.98 Å². The molecule has 22 heavy (non-hydrogen) atoms. The van der Waals surface area contributed by atoms with Gasteiger partial charge < -0.3 is 19.4 Å². The van der Waals surface area contributed by atoms with Crippen LogP contribution in [0, 0.1) is 0 Å². The summed E-state index contributed by atoms with van der Waals surface area (Å²) in [5.74, 6) is 1.01. The van der Waals surface area contributed by atoms with Gasteiger partial charge in [-0.2, -0.15) is 0 Å². The van der Waals surface area contributed by atoms with Crippen LogP contribution >= 0.6 is 0 Å². The molecule has 1 aliphatic heterocycles. The second-order valence-electron chi connectivity index (χ2n) is 4.93. The number of hydrogen-bond acceptors (Lipinski definition) is 5. The Morgan fingerprint density at radius 3 is 3.23 bits per heavy atom. The van der Waals surface area contributed by atoms with E-state index in [0.717, 1.165) is 18.0 Å². The van der Waals surface area contributed by atoms with Crippen LogP contribution in [0.25, 0.3) is 0 Å². The zero-order valence-corrected chi connectivity index (χ0v) is 12.3. The summed E-state index contributed by atoms with van der Waals surface area (Å²) in [6.07, 6.45) is 2.70. The lowest BCUT2D eigenvalue weighted by Crippen LogP contribution is -2.48. The first-order valence-corrected chi connectivity index (χ1v) is 7.07. The highest BCUT2D eigenvalue weighted by Crippen LogP contribution is 2.23. The molecule has 0 radical (unpaired) electrons. The molecular weight excluding hydrogens is 284 g/mol. The Kier molecular flexibility index (Phi) is 4.24. The highest BCUT2D eigenvalue weighted by molar-refractivity contribution is 5.93. The van der Waals surface area contributed by atoms with Gasteiger partial charge in [0.05, 0.1) is 20.3 Å². The Balaban J connectivity index is 1.67. The second kappa shape index (κ2) is 6.48. The number of imidazole rings is 1. The van der Waals surface area contributed by atoms with Gasteiger partial charge in [-0.3, -0.25) is 10.1 Å². The van der Waals surface area contributed by atoms with Crippen LogP contribution in [0.3, 0.4) is 0 Å². The number of methoxy groups -OCH3 is 1. The summed E-state index contributed by atoms with van der Waals surface area (Å²) < 4.78 is 10.8. The Bertz CT molecular complexity index is 629. The monoisotopic (exact) mass is 302 g/mol. The normalized spacial score (nSPS) is 18.0. The number of hydrogen-bond donors (Lipinski definition) is 2. The Morgan fingerprint density at radius 1 is 1.55 bits per heavy atom. The molecule has 0 spiro atoms. The first-order chi connectivity index (χ1) is 10.8. The summed E-state index contributed by atoms with van der Waals surface area (Å²) in [7, 11) is 1.64. The first-order valence-electron chi connectivity index (χ1n) is 7.07. The van der Waals surface area contributed by atoms with E-state index in [2.05, 4.69) is 20.2 Å². The number of H-pyrrole nitrogens is 1. The minimum atomic E-state index is -0.537. The van der Waals surface area contributed by atoms with Crippen LogP contribution in [0.5, 0.6) is 5.75 Å². The molecule has 2 heterocycles. The number of aromatic amines is 1. The van der Waals surface area contributed by atoms with Crippen LogP contribution in [0.4, 0.5) is 11.6 Å². The van der Waals surface area contributed by atoms with Crippen LogP contribution in [0.2, 0.25) is 0 Å². The predicted octanol–water partition coefficient (Wildman–Crippen LogP) is 1.26. The molecule has 7 heteroatoms. The van der Waals surface area contributed by atoms with Gasteiger partial charge in [0.15, 0.2) is 6.10 Å². The number of morpholine rings is 1. The number of benzene rings is 1. The summed E-state index contributed by atoms with van der Waals surface area (Å²) in [4.78, 5) is 21.1. The van der Waals surface area contributed by atoms with Crippen molar-refractivity contribution in [3.8, 4) is 5.75 Å². The van der Waals surface area contributed by atoms with Crippen molar-refractivity contribution in [3.63, 3.8) is 0 Å². The quantitative estimate of drug-likeness (QED) is 0.889. The number of rotatable bonds is 4. The molecule has 2 aromatic rings. The number of nitrogens with zero attached hydrogens (tertiary/aromatic N) is 2. The van der Waals surface area contributed by atoms with Crippen molar-refractivity contribution in [2.24, 2.45) is 0 Å². The number of aromatic nitrogens is 2. The Morgan fingerprint density at radius 2 is 2.45 bits per heavy atom. The number of anilines is 2. The summed E-state index contributed by atoms with van der Waals surface area (Å²) >= 11 is 0. The van der Waals surface area contributed by atoms with Crippen LogP contribution in [0.15, 0.2) is 36.7 Å². The van der Waals surface area contributed by atoms with Crippen molar-refractivity contribution in [1.29, 1.82) is 0 Å². The van der Waals surface area contributed by atoms with Crippen molar-refractivity contribution in [1.82, 2.24) is 9.97 Å². The predicted molar refractivity (Wildman–Crippen MR) is 82.2 cm³/mol. The van der Waals surface area contributed by atoms with Crippen LogP contribution < -0.4 is 15.0 Å². The fourth-order valence-corrected chi connectivity index (χ4v) is 2.38. The molecule has 3 rings (SSSR count). The van der Waals surface area contributed by atoms with E-state index in [0.29, 0.717) is 19.1 Å². The van der Waals surface area contributed by atoms with Crippen molar-refractivity contribution in [2.45, 2.75) is 6.10 Å².